The van der Waals surface area contributed by atoms with Gasteiger partial charge in [0.1, 0.15) is 5.75 Å². The zero-order valence-corrected chi connectivity index (χ0v) is 14.5. The number of carbonyl (C=O) groups is 1. The minimum Gasteiger partial charge on any atom is -0.497 e. The van der Waals surface area contributed by atoms with Gasteiger partial charge in [-0.05, 0) is 54.8 Å². The van der Waals surface area contributed by atoms with Gasteiger partial charge in [0, 0.05) is 31.4 Å². The Bertz CT molecular complexity index is 688. The van der Waals surface area contributed by atoms with E-state index in [-0.39, 0.29) is 11.8 Å². The van der Waals surface area contributed by atoms with Gasteiger partial charge in [-0.25, -0.2) is 0 Å². The van der Waals surface area contributed by atoms with E-state index >= 15 is 0 Å². The average molecular weight is 340 g/mol. The minimum absolute atomic E-state index is 0.0318. The Hall–Kier alpha value is -2.40. The van der Waals surface area contributed by atoms with Crippen molar-refractivity contribution < 1.29 is 14.6 Å². The van der Waals surface area contributed by atoms with Crippen LogP contribution in [0.25, 0.3) is 0 Å². The highest BCUT2D eigenvalue weighted by atomic mass is 16.5. The maximum Gasteiger partial charge on any atom is 0.308 e. The quantitative estimate of drug-likeness (QED) is 0.840. The largest absolute Gasteiger partial charge is 0.497 e. The first-order valence-corrected chi connectivity index (χ1v) is 8.65. The van der Waals surface area contributed by atoms with Crippen molar-refractivity contribution >= 4 is 5.97 Å². The number of rotatable bonds is 7. The van der Waals surface area contributed by atoms with E-state index in [9.17, 15) is 9.90 Å². The van der Waals surface area contributed by atoms with E-state index in [0.717, 1.165) is 37.2 Å². The molecule has 5 heteroatoms. The Labute approximate surface area is 148 Å². The van der Waals surface area contributed by atoms with E-state index < -0.39 is 5.97 Å². The van der Waals surface area contributed by atoms with Crippen LogP contribution in [-0.4, -0.2) is 47.7 Å². The zero-order valence-electron chi connectivity index (χ0n) is 14.5. The highest BCUT2D eigenvalue weighted by Crippen LogP contribution is 2.33. The van der Waals surface area contributed by atoms with Crippen LogP contribution in [0.15, 0.2) is 48.8 Å². The van der Waals surface area contributed by atoms with E-state index in [1.807, 2.05) is 48.8 Å². The molecule has 0 saturated carbocycles. The van der Waals surface area contributed by atoms with Crippen molar-refractivity contribution in [1.82, 2.24) is 9.88 Å². The van der Waals surface area contributed by atoms with Crippen LogP contribution < -0.4 is 4.74 Å². The number of hydrogen-bond donors (Lipinski definition) is 1. The molecule has 2 heterocycles. The van der Waals surface area contributed by atoms with Gasteiger partial charge in [-0.15, -0.1) is 0 Å². The molecule has 0 spiro atoms. The Morgan fingerprint density at radius 2 is 1.92 bits per heavy atom. The van der Waals surface area contributed by atoms with Gasteiger partial charge in [0.05, 0.1) is 13.0 Å². The second kappa shape index (κ2) is 8.12. The smallest absolute Gasteiger partial charge is 0.308 e. The summed E-state index contributed by atoms with van der Waals surface area (Å²) < 4.78 is 5.19. The molecule has 5 nitrogen and oxygen atoms in total. The summed E-state index contributed by atoms with van der Waals surface area (Å²) in [4.78, 5) is 18.0. The SMILES string of the molecule is COc1ccc([C@@H]2CN(CCCc3ccncc3)C[C@H]2C(=O)O)cc1. The number of aliphatic carboxylic acids is 1. The molecule has 1 saturated heterocycles. The van der Waals surface area contributed by atoms with Crippen LogP contribution in [0.1, 0.15) is 23.5 Å². The summed E-state index contributed by atoms with van der Waals surface area (Å²) in [5.41, 5.74) is 2.35. The van der Waals surface area contributed by atoms with Crippen molar-refractivity contribution in [3.8, 4) is 5.75 Å². The summed E-state index contributed by atoms with van der Waals surface area (Å²) in [5.74, 6) is -0.237. The van der Waals surface area contributed by atoms with E-state index in [4.69, 9.17) is 4.74 Å². The maximum atomic E-state index is 11.7. The lowest BCUT2D eigenvalue weighted by Crippen LogP contribution is -2.24. The van der Waals surface area contributed by atoms with Gasteiger partial charge in [0.15, 0.2) is 0 Å². The molecule has 1 aromatic carbocycles. The summed E-state index contributed by atoms with van der Waals surface area (Å²) in [6, 6.07) is 11.8. The first-order valence-electron chi connectivity index (χ1n) is 8.65. The average Bonchev–Trinajstić information content (AvgIpc) is 3.07. The van der Waals surface area contributed by atoms with Crippen molar-refractivity contribution in [2.24, 2.45) is 5.92 Å². The standard InChI is InChI=1S/C20H24N2O3/c1-25-17-6-4-16(5-7-17)18-13-22(14-19(18)20(23)24)12-2-3-15-8-10-21-11-9-15/h4-11,18-19H,2-3,12-14H2,1H3,(H,23,24)/t18-,19+/m0/s1. The number of hydrogen-bond acceptors (Lipinski definition) is 4. The Balaban J connectivity index is 1.60. The lowest BCUT2D eigenvalue weighted by Gasteiger charge is -2.16. The number of pyridine rings is 1. The Kier molecular flexibility index (Phi) is 5.66. The second-order valence-electron chi connectivity index (χ2n) is 6.54. The third kappa shape index (κ3) is 4.37. The molecular formula is C20H24N2O3. The number of aromatic nitrogens is 1. The number of aryl methyl sites for hydroxylation is 1. The molecule has 0 aliphatic carbocycles. The second-order valence-corrected chi connectivity index (χ2v) is 6.54. The monoisotopic (exact) mass is 340 g/mol. The topological polar surface area (TPSA) is 62.7 Å². The predicted molar refractivity (Wildman–Crippen MR) is 95.9 cm³/mol. The fraction of sp³-hybridized carbons (Fsp3) is 0.400. The molecule has 1 aliphatic rings. The van der Waals surface area contributed by atoms with Gasteiger partial charge < -0.3 is 14.7 Å². The first kappa shape index (κ1) is 17.4. The molecule has 1 aromatic heterocycles. The van der Waals surface area contributed by atoms with E-state index in [0.29, 0.717) is 6.54 Å². The van der Waals surface area contributed by atoms with Gasteiger partial charge >= 0.3 is 5.97 Å². The number of methoxy groups -OCH3 is 1. The Morgan fingerprint density at radius 1 is 1.20 bits per heavy atom. The zero-order chi connectivity index (χ0) is 17.6. The molecule has 0 amide bonds. The van der Waals surface area contributed by atoms with Crippen molar-refractivity contribution in [2.75, 3.05) is 26.7 Å². The molecule has 132 valence electrons. The molecule has 0 unspecified atom stereocenters. The van der Waals surface area contributed by atoms with Crippen molar-refractivity contribution in [1.29, 1.82) is 0 Å². The van der Waals surface area contributed by atoms with Crippen LogP contribution in [0.4, 0.5) is 0 Å². The van der Waals surface area contributed by atoms with Crippen LogP contribution in [-0.2, 0) is 11.2 Å². The van der Waals surface area contributed by atoms with Crippen molar-refractivity contribution in [3.05, 3.63) is 59.9 Å². The molecule has 1 aliphatic heterocycles. The van der Waals surface area contributed by atoms with Gasteiger partial charge in [0.25, 0.3) is 0 Å². The normalized spacial score (nSPS) is 20.5. The van der Waals surface area contributed by atoms with E-state index in [2.05, 4.69) is 9.88 Å². The van der Waals surface area contributed by atoms with Crippen LogP contribution in [0.3, 0.4) is 0 Å². The molecule has 25 heavy (non-hydrogen) atoms. The lowest BCUT2D eigenvalue weighted by atomic mass is 9.89. The number of benzene rings is 1. The number of likely N-dealkylation sites (tertiary alicyclic amines) is 1. The molecule has 1 N–H and O–H groups in total. The maximum absolute atomic E-state index is 11.7. The Morgan fingerprint density at radius 3 is 2.56 bits per heavy atom. The van der Waals surface area contributed by atoms with Gasteiger partial charge in [-0.1, -0.05) is 12.1 Å². The van der Waals surface area contributed by atoms with E-state index in [1.165, 1.54) is 5.56 Å². The van der Waals surface area contributed by atoms with Crippen molar-refractivity contribution in [3.63, 3.8) is 0 Å². The molecule has 0 bridgehead atoms. The van der Waals surface area contributed by atoms with Crippen molar-refractivity contribution in [2.45, 2.75) is 18.8 Å². The van der Waals surface area contributed by atoms with Gasteiger partial charge in [-0.3, -0.25) is 9.78 Å². The fourth-order valence-corrected chi connectivity index (χ4v) is 3.56. The van der Waals surface area contributed by atoms with Crippen LogP contribution in [0, 0.1) is 5.92 Å². The highest BCUT2D eigenvalue weighted by Gasteiger charge is 2.38. The summed E-state index contributed by atoms with van der Waals surface area (Å²) in [5, 5.41) is 9.61. The summed E-state index contributed by atoms with van der Waals surface area (Å²) in [6.45, 7) is 2.32. The highest BCUT2D eigenvalue weighted by molar-refractivity contribution is 5.72. The third-order valence-corrected chi connectivity index (χ3v) is 4.95. The summed E-state index contributed by atoms with van der Waals surface area (Å²) in [6.07, 6.45) is 5.63. The molecule has 3 rings (SSSR count). The number of carboxylic acid groups (broad SMARTS) is 1. The molecule has 1 fully saturated rings. The molecule has 0 radical (unpaired) electrons. The van der Waals surface area contributed by atoms with E-state index in [1.54, 1.807) is 7.11 Å². The summed E-state index contributed by atoms with van der Waals surface area (Å²) in [7, 11) is 1.63. The van der Waals surface area contributed by atoms with Crippen LogP contribution in [0.5, 0.6) is 5.75 Å². The third-order valence-electron chi connectivity index (χ3n) is 4.95. The van der Waals surface area contributed by atoms with Crippen LogP contribution in [0.2, 0.25) is 0 Å². The van der Waals surface area contributed by atoms with Gasteiger partial charge in [0.2, 0.25) is 0 Å². The molecule has 2 atom stereocenters. The first-order chi connectivity index (χ1) is 12.2. The number of ether oxygens (including phenoxy) is 1. The predicted octanol–water partition coefficient (Wildman–Crippen LogP) is 2.82. The molecular weight excluding hydrogens is 316 g/mol. The minimum atomic E-state index is -0.711. The molecule has 2 aromatic rings. The summed E-state index contributed by atoms with van der Waals surface area (Å²) >= 11 is 0. The lowest BCUT2D eigenvalue weighted by molar-refractivity contribution is -0.141. The number of nitrogens with zero attached hydrogens (tertiary/aromatic N) is 2. The van der Waals surface area contributed by atoms with Crippen LogP contribution >= 0.6 is 0 Å². The number of carboxylic acids is 1. The van der Waals surface area contributed by atoms with Gasteiger partial charge in [-0.2, -0.15) is 0 Å². The fourth-order valence-electron chi connectivity index (χ4n) is 3.56.